The second kappa shape index (κ2) is 11.4. The highest BCUT2D eigenvalue weighted by Crippen LogP contribution is 2.08. The molecule has 0 radical (unpaired) electrons. The molecule has 1 heterocycles. The molecule has 2 rings (SSSR count). The Morgan fingerprint density at radius 1 is 1.15 bits per heavy atom. The quantitative estimate of drug-likeness (QED) is 0.456. The molecule has 1 aromatic carbocycles. The van der Waals surface area contributed by atoms with E-state index in [2.05, 4.69) is 52.3 Å². The summed E-state index contributed by atoms with van der Waals surface area (Å²) in [6.45, 7) is 8.36. The number of thiophene rings is 1. The van der Waals surface area contributed by atoms with E-state index in [4.69, 9.17) is 0 Å². The molecule has 0 aliphatic carbocycles. The van der Waals surface area contributed by atoms with Gasteiger partial charge in [-0.1, -0.05) is 25.1 Å². The molecule has 1 unspecified atom stereocenters. The smallest absolute Gasteiger partial charge is 0.251 e. The highest BCUT2D eigenvalue weighted by atomic mass is 32.1. The minimum absolute atomic E-state index is 0.0250. The average Bonchev–Trinajstić information content (AvgIpc) is 3.19. The molecular formula is C21H30N4OS. The van der Waals surface area contributed by atoms with Crippen molar-refractivity contribution in [3.8, 4) is 0 Å². The van der Waals surface area contributed by atoms with Gasteiger partial charge >= 0.3 is 0 Å². The number of nitrogens with one attached hydrogen (secondary N) is 3. The normalized spacial score (nSPS) is 12.5. The average molecular weight is 387 g/mol. The van der Waals surface area contributed by atoms with E-state index in [0.29, 0.717) is 12.1 Å². The van der Waals surface area contributed by atoms with E-state index in [-0.39, 0.29) is 11.9 Å². The predicted octanol–water partition coefficient (Wildman–Crippen LogP) is 3.57. The van der Waals surface area contributed by atoms with E-state index in [1.807, 2.05) is 31.2 Å². The number of carbonyl (C=O) groups excluding carboxylic acids is 1. The Kier molecular flexibility index (Phi) is 8.84. The molecule has 1 atom stereocenters. The molecule has 0 fully saturated rings. The molecule has 6 heteroatoms. The van der Waals surface area contributed by atoms with Crippen LogP contribution in [0, 0.1) is 0 Å². The number of aliphatic imine (C=N–C) groups is 1. The Balaban J connectivity index is 1.87. The van der Waals surface area contributed by atoms with Gasteiger partial charge in [-0.25, -0.2) is 4.99 Å². The predicted molar refractivity (Wildman–Crippen MR) is 115 cm³/mol. The van der Waals surface area contributed by atoms with Gasteiger partial charge in [0.15, 0.2) is 5.96 Å². The zero-order valence-electron chi connectivity index (χ0n) is 16.4. The van der Waals surface area contributed by atoms with Crippen molar-refractivity contribution in [1.29, 1.82) is 0 Å². The van der Waals surface area contributed by atoms with Crippen LogP contribution in [-0.2, 0) is 13.0 Å². The van der Waals surface area contributed by atoms with Crippen molar-refractivity contribution in [2.24, 2.45) is 4.99 Å². The standard InChI is InChI=1S/C21H30N4OS/c1-4-16(3)25-20(26)18-10-8-17(9-11-18)15-24-21(22-5-2)23-13-12-19-7-6-14-27-19/h6-11,14,16H,4-5,12-13,15H2,1-3H3,(H,25,26)(H2,22,23,24). The van der Waals surface area contributed by atoms with Crippen molar-refractivity contribution in [1.82, 2.24) is 16.0 Å². The van der Waals surface area contributed by atoms with E-state index < -0.39 is 0 Å². The van der Waals surface area contributed by atoms with Crippen LogP contribution >= 0.6 is 11.3 Å². The summed E-state index contributed by atoms with van der Waals surface area (Å²) in [5.74, 6) is 0.788. The van der Waals surface area contributed by atoms with E-state index in [1.165, 1.54) is 4.88 Å². The Morgan fingerprint density at radius 2 is 1.93 bits per heavy atom. The molecule has 0 bridgehead atoms. The van der Waals surface area contributed by atoms with Crippen LogP contribution in [0.1, 0.15) is 48.0 Å². The summed E-state index contributed by atoms with van der Waals surface area (Å²) in [5, 5.41) is 11.7. The molecule has 1 aromatic heterocycles. The zero-order chi connectivity index (χ0) is 19.5. The van der Waals surface area contributed by atoms with Crippen molar-refractivity contribution in [3.05, 3.63) is 57.8 Å². The van der Waals surface area contributed by atoms with E-state index in [9.17, 15) is 4.79 Å². The molecule has 1 amide bonds. The number of hydrogen-bond acceptors (Lipinski definition) is 3. The molecular weight excluding hydrogens is 356 g/mol. The third-order valence-electron chi connectivity index (χ3n) is 4.21. The Bertz CT molecular complexity index is 710. The molecule has 0 aliphatic rings. The lowest BCUT2D eigenvalue weighted by molar-refractivity contribution is 0.0939. The highest BCUT2D eigenvalue weighted by Gasteiger charge is 2.08. The van der Waals surface area contributed by atoms with Gasteiger partial charge in [0.05, 0.1) is 6.54 Å². The first-order valence-electron chi connectivity index (χ1n) is 9.56. The van der Waals surface area contributed by atoms with Crippen molar-refractivity contribution in [2.75, 3.05) is 13.1 Å². The van der Waals surface area contributed by atoms with Crippen LogP contribution in [0.15, 0.2) is 46.8 Å². The van der Waals surface area contributed by atoms with Crippen LogP contribution < -0.4 is 16.0 Å². The second-order valence-corrected chi connectivity index (χ2v) is 7.46. The van der Waals surface area contributed by atoms with Crippen molar-refractivity contribution >= 4 is 23.2 Å². The molecule has 0 saturated carbocycles. The number of amides is 1. The van der Waals surface area contributed by atoms with Gasteiger partial charge in [0.25, 0.3) is 5.91 Å². The number of benzene rings is 1. The number of hydrogen-bond donors (Lipinski definition) is 3. The van der Waals surface area contributed by atoms with Gasteiger partial charge in [0, 0.05) is 29.6 Å². The molecule has 0 spiro atoms. The SMILES string of the molecule is CCNC(=NCc1ccc(C(=O)NC(C)CC)cc1)NCCc1cccs1. The highest BCUT2D eigenvalue weighted by molar-refractivity contribution is 7.09. The second-order valence-electron chi connectivity index (χ2n) is 6.43. The van der Waals surface area contributed by atoms with Gasteiger partial charge in [0.1, 0.15) is 0 Å². The van der Waals surface area contributed by atoms with Crippen LogP contribution in [-0.4, -0.2) is 31.0 Å². The Morgan fingerprint density at radius 3 is 2.56 bits per heavy atom. The van der Waals surface area contributed by atoms with Gasteiger partial charge < -0.3 is 16.0 Å². The van der Waals surface area contributed by atoms with Crippen molar-refractivity contribution < 1.29 is 4.79 Å². The molecule has 2 aromatic rings. The first-order valence-corrected chi connectivity index (χ1v) is 10.4. The fraction of sp³-hybridized carbons (Fsp3) is 0.429. The minimum atomic E-state index is -0.0250. The maximum Gasteiger partial charge on any atom is 0.251 e. The summed E-state index contributed by atoms with van der Waals surface area (Å²) in [7, 11) is 0. The Labute approximate surface area is 166 Å². The van der Waals surface area contributed by atoms with Gasteiger partial charge in [-0.2, -0.15) is 0 Å². The molecule has 3 N–H and O–H groups in total. The van der Waals surface area contributed by atoms with E-state index >= 15 is 0 Å². The molecule has 0 saturated heterocycles. The lowest BCUT2D eigenvalue weighted by Gasteiger charge is -2.12. The van der Waals surface area contributed by atoms with Gasteiger partial charge in [-0.05, 0) is 55.8 Å². The van der Waals surface area contributed by atoms with Gasteiger partial charge in [0.2, 0.25) is 0 Å². The summed E-state index contributed by atoms with van der Waals surface area (Å²) >= 11 is 1.77. The van der Waals surface area contributed by atoms with Crippen LogP contribution in [0.2, 0.25) is 0 Å². The van der Waals surface area contributed by atoms with E-state index in [0.717, 1.165) is 37.5 Å². The van der Waals surface area contributed by atoms with Crippen LogP contribution in [0.3, 0.4) is 0 Å². The first-order chi connectivity index (χ1) is 13.1. The Hall–Kier alpha value is -2.34. The van der Waals surface area contributed by atoms with Crippen LogP contribution in [0.4, 0.5) is 0 Å². The molecule has 27 heavy (non-hydrogen) atoms. The van der Waals surface area contributed by atoms with Gasteiger partial charge in [-0.3, -0.25) is 4.79 Å². The lowest BCUT2D eigenvalue weighted by Crippen LogP contribution is -2.38. The third-order valence-corrected chi connectivity index (χ3v) is 5.15. The molecule has 5 nitrogen and oxygen atoms in total. The topological polar surface area (TPSA) is 65.5 Å². The summed E-state index contributed by atoms with van der Waals surface area (Å²) in [6, 6.07) is 12.1. The maximum atomic E-state index is 12.1. The summed E-state index contributed by atoms with van der Waals surface area (Å²) in [5.41, 5.74) is 1.76. The zero-order valence-corrected chi connectivity index (χ0v) is 17.2. The largest absolute Gasteiger partial charge is 0.357 e. The number of guanidine groups is 1. The molecule has 0 aliphatic heterocycles. The number of rotatable bonds is 9. The maximum absolute atomic E-state index is 12.1. The summed E-state index contributed by atoms with van der Waals surface area (Å²) in [6.07, 6.45) is 1.91. The summed E-state index contributed by atoms with van der Waals surface area (Å²) in [4.78, 5) is 18.1. The lowest BCUT2D eigenvalue weighted by atomic mass is 10.1. The number of nitrogens with zero attached hydrogens (tertiary/aromatic N) is 1. The number of carbonyl (C=O) groups is 1. The first kappa shape index (κ1) is 21.0. The summed E-state index contributed by atoms with van der Waals surface area (Å²) < 4.78 is 0. The fourth-order valence-corrected chi connectivity index (χ4v) is 3.15. The monoisotopic (exact) mass is 386 g/mol. The van der Waals surface area contributed by atoms with Crippen molar-refractivity contribution in [3.63, 3.8) is 0 Å². The van der Waals surface area contributed by atoms with E-state index in [1.54, 1.807) is 11.3 Å². The molecule has 146 valence electrons. The van der Waals surface area contributed by atoms with Crippen molar-refractivity contribution in [2.45, 2.75) is 46.2 Å². The minimum Gasteiger partial charge on any atom is -0.357 e. The van der Waals surface area contributed by atoms with Crippen LogP contribution in [0.25, 0.3) is 0 Å². The fourth-order valence-electron chi connectivity index (χ4n) is 2.44. The van der Waals surface area contributed by atoms with Gasteiger partial charge in [-0.15, -0.1) is 11.3 Å². The third kappa shape index (κ3) is 7.43. The van der Waals surface area contributed by atoms with Crippen LogP contribution in [0.5, 0.6) is 0 Å².